The molecule has 7 heteroatoms. The minimum Gasteiger partial charge on any atom is -0.383 e. The molecule has 0 spiro atoms. The Morgan fingerprint density at radius 2 is 2.16 bits per heavy atom. The summed E-state index contributed by atoms with van der Waals surface area (Å²) in [4.78, 5) is 14.9. The first-order valence-corrected chi connectivity index (χ1v) is 6.39. The highest BCUT2D eigenvalue weighted by atomic mass is 32.1. The topological polar surface area (TPSA) is 92.4 Å². The molecule has 0 saturated carbocycles. The Bertz CT molecular complexity index is 590. The number of rotatable bonds is 4. The molecule has 1 aromatic carbocycles. The van der Waals surface area contributed by atoms with Gasteiger partial charge in [-0.15, -0.1) is 11.3 Å². The lowest BCUT2D eigenvalue weighted by Crippen LogP contribution is -2.05. The predicted molar refractivity (Wildman–Crippen MR) is 78.5 cm³/mol. The number of hydrogen-bond donors (Lipinski definition) is 3. The number of carbonyl (C=O) groups is 1. The molecule has 0 unspecified atom stereocenters. The summed E-state index contributed by atoms with van der Waals surface area (Å²) in [6.07, 6.45) is 1.66. The van der Waals surface area contributed by atoms with Crippen LogP contribution in [0.5, 0.6) is 0 Å². The summed E-state index contributed by atoms with van der Waals surface area (Å²) in [5.41, 5.74) is 9.94. The Morgan fingerprint density at radius 3 is 2.74 bits per heavy atom. The first kappa shape index (κ1) is 13.0. The van der Waals surface area contributed by atoms with E-state index in [0.717, 1.165) is 11.3 Å². The van der Waals surface area contributed by atoms with Crippen LogP contribution in [0.1, 0.15) is 12.5 Å². The number of carbonyl (C=O) groups excluding carboxylic acids is 1. The normalized spacial score (nSPS) is 10.6. The van der Waals surface area contributed by atoms with Gasteiger partial charge in [0.15, 0.2) is 0 Å². The SMILES string of the molecule is CC(=O)Nc1ccc(C=NNc2nc(N)cs2)cc1. The van der Waals surface area contributed by atoms with Crippen molar-refractivity contribution in [1.82, 2.24) is 4.98 Å². The molecule has 98 valence electrons. The van der Waals surface area contributed by atoms with E-state index in [4.69, 9.17) is 5.73 Å². The van der Waals surface area contributed by atoms with Crippen molar-refractivity contribution in [3.05, 3.63) is 35.2 Å². The maximum atomic E-state index is 10.9. The number of amides is 1. The van der Waals surface area contributed by atoms with Gasteiger partial charge in [0.05, 0.1) is 6.21 Å². The van der Waals surface area contributed by atoms with Crippen LogP contribution in [0.3, 0.4) is 0 Å². The van der Waals surface area contributed by atoms with Gasteiger partial charge in [0.25, 0.3) is 0 Å². The molecule has 0 aliphatic rings. The first-order chi connectivity index (χ1) is 9.13. The third-order valence-corrected chi connectivity index (χ3v) is 2.89. The van der Waals surface area contributed by atoms with Crippen molar-refractivity contribution in [3.63, 3.8) is 0 Å². The molecular weight excluding hydrogens is 262 g/mol. The van der Waals surface area contributed by atoms with E-state index in [2.05, 4.69) is 20.8 Å². The van der Waals surface area contributed by atoms with Crippen LogP contribution >= 0.6 is 11.3 Å². The first-order valence-electron chi connectivity index (χ1n) is 5.51. The third kappa shape index (κ3) is 4.07. The van der Waals surface area contributed by atoms with Gasteiger partial charge in [0.1, 0.15) is 5.82 Å². The number of nitrogens with one attached hydrogen (secondary N) is 2. The molecule has 0 bridgehead atoms. The molecule has 19 heavy (non-hydrogen) atoms. The Labute approximate surface area is 114 Å². The molecule has 4 N–H and O–H groups in total. The van der Waals surface area contributed by atoms with Crippen LogP contribution in [0.4, 0.5) is 16.6 Å². The summed E-state index contributed by atoms with van der Waals surface area (Å²) in [7, 11) is 0. The molecule has 0 aliphatic heterocycles. The summed E-state index contributed by atoms with van der Waals surface area (Å²) in [6, 6.07) is 7.33. The van der Waals surface area contributed by atoms with Gasteiger partial charge in [0, 0.05) is 18.0 Å². The highest BCUT2D eigenvalue weighted by molar-refractivity contribution is 7.14. The lowest BCUT2D eigenvalue weighted by molar-refractivity contribution is -0.114. The Morgan fingerprint density at radius 1 is 1.42 bits per heavy atom. The second-order valence-electron chi connectivity index (χ2n) is 3.75. The predicted octanol–water partition coefficient (Wildman–Crippen LogP) is 2.13. The molecule has 0 fully saturated rings. The van der Waals surface area contributed by atoms with Crippen LogP contribution < -0.4 is 16.5 Å². The minimum atomic E-state index is -0.0931. The average molecular weight is 275 g/mol. The zero-order chi connectivity index (χ0) is 13.7. The third-order valence-electron chi connectivity index (χ3n) is 2.13. The van der Waals surface area contributed by atoms with E-state index in [1.165, 1.54) is 18.3 Å². The van der Waals surface area contributed by atoms with Gasteiger partial charge in [-0.3, -0.25) is 10.2 Å². The second-order valence-corrected chi connectivity index (χ2v) is 4.61. The average Bonchev–Trinajstić information content (AvgIpc) is 2.77. The summed E-state index contributed by atoms with van der Waals surface area (Å²) >= 11 is 1.39. The monoisotopic (exact) mass is 275 g/mol. The number of nitrogens with two attached hydrogens (primary N) is 1. The Kier molecular flexibility index (Phi) is 4.09. The molecule has 6 nitrogen and oxygen atoms in total. The van der Waals surface area contributed by atoms with Crippen LogP contribution in [-0.4, -0.2) is 17.1 Å². The van der Waals surface area contributed by atoms with Crippen LogP contribution in [0.25, 0.3) is 0 Å². The van der Waals surface area contributed by atoms with Crippen molar-refractivity contribution in [2.45, 2.75) is 6.92 Å². The van der Waals surface area contributed by atoms with E-state index in [1.54, 1.807) is 11.6 Å². The fraction of sp³-hybridized carbons (Fsp3) is 0.0833. The number of hydrogen-bond acceptors (Lipinski definition) is 6. The number of benzene rings is 1. The highest BCUT2D eigenvalue weighted by Gasteiger charge is 1.96. The van der Waals surface area contributed by atoms with Gasteiger partial charge < -0.3 is 11.1 Å². The summed E-state index contributed by atoms with van der Waals surface area (Å²) in [5, 5.41) is 9.12. The van der Waals surface area contributed by atoms with E-state index >= 15 is 0 Å². The zero-order valence-corrected chi connectivity index (χ0v) is 11.1. The second kappa shape index (κ2) is 5.96. The van der Waals surface area contributed by atoms with Gasteiger partial charge in [-0.25, -0.2) is 4.98 Å². The van der Waals surface area contributed by atoms with Gasteiger partial charge in [-0.05, 0) is 17.7 Å². The van der Waals surface area contributed by atoms with Gasteiger partial charge in [0.2, 0.25) is 11.0 Å². The fourth-order valence-electron chi connectivity index (χ4n) is 1.36. The quantitative estimate of drug-likeness (QED) is 0.588. The smallest absolute Gasteiger partial charge is 0.221 e. The van der Waals surface area contributed by atoms with Crippen molar-refractivity contribution in [3.8, 4) is 0 Å². The molecule has 0 atom stereocenters. The maximum Gasteiger partial charge on any atom is 0.221 e. The molecule has 1 aromatic heterocycles. The van der Waals surface area contributed by atoms with Gasteiger partial charge in [-0.2, -0.15) is 5.10 Å². The fourth-order valence-corrected chi connectivity index (χ4v) is 1.90. The van der Waals surface area contributed by atoms with Gasteiger partial charge in [-0.1, -0.05) is 12.1 Å². The van der Waals surface area contributed by atoms with E-state index in [9.17, 15) is 4.79 Å². The number of nitrogen functional groups attached to an aromatic ring is 1. The van der Waals surface area contributed by atoms with E-state index in [1.807, 2.05) is 24.3 Å². The number of nitrogens with zero attached hydrogens (tertiary/aromatic N) is 2. The van der Waals surface area contributed by atoms with Crippen molar-refractivity contribution in [1.29, 1.82) is 0 Å². The van der Waals surface area contributed by atoms with Crippen LogP contribution in [0.15, 0.2) is 34.7 Å². The van der Waals surface area contributed by atoms with Crippen LogP contribution in [0.2, 0.25) is 0 Å². The lowest BCUT2D eigenvalue weighted by atomic mass is 10.2. The van der Waals surface area contributed by atoms with Crippen molar-refractivity contribution in [2.24, 2.45) is 5.10 Å². The zero-order valence-electron chi connectivity index (χ0n) is 10.3. The van der Waals surface area contributed by atoms with Crippen molar-refractivity contribution in [2.75, 3.05) is 16.5 Å². The van der Waals surface area contributed by atoms with E-state index in [0.29, 0.717) is 10.9 Å². The standard InChI is InChI=1S/C12H13N5OS/c1-8(18)15-10-4-2-9(3-5-10)6-14-17-12-16-11(13)7-19-12/h2-7H,13H2,1H3,(H,15,18)(H,16,17). The molecular formula is C12H13N5OS. The summed E-state index contributed by atoms with van der Waals surface area (Å²) in [5.74, 6) is 0.381. The number of anilines is 3. The molecule has 0 radical (unpaired) electrons. The largest absolute Gasteiger partial charge is 0.383 e. The van der Waals surface area contributed by atoms with Crippen molar-refractivity contribution >= 4 is 40.1 Å². The van der Waals surface area contributed by atoms with Crippen LogP contribution in [-0.2, 0) is 4.79 Å². The molecule has 0 saturated heterocycles. The van der Waals surface area contributed by atoms with Crippen LogP contribution in [0, 0.1) is 0 Å². The Balaban J connectivity index is 1.93. The molecule has 1 heterocycles. The number of aromatic nitrogens is 1. The van der Waals surface area contributed by atoms with Crippen molar-refractivity contribution < 1.29 is 4.79 Å². The molecule has 1 amide bonds. The summed E-state index contributed by atoms with van der Waals surface area (Å²) in [6.45, 7) is 1.47. The van der Waals surface area contributed by atoms with E-state index < -0.39 is 0 Å². The van der Waals surface area contributed by atoms with Gasteiger partial charge >= 0.3 is 0 Å². The maximum absolute atomic E-state index is 10.9. The number of hydrazone groups is 1. The molecule has 2 aromatic rings. The molecule has 2 rings (SSSR count). The minimum absolute atomic E-state index is 0.0931. The number of thiazole rings is 1. The molecule has 0 aliphatic carbocycles. The lowest BCUT2D eigenvalue weighted by Gasteiger charge is -2.01. The van der Waals surface area contributed by atoms with E-state index in [-0.39, 0.29) is 5.91 Å². The highest BCUT2D eigenvalue weighted by Crippen LogP contribution is 2.16. The summed E-state index contributed by atoms with van der Waals surface area (Å²) < 4.78 is 0. The Hall–Kier alpha value is -2.41.